The van der Waals surface area contributed by atoms with Crippen molar-refractivity contribution in [3.63, 3.8) is 0 Å². The van der Waals surface area contributed by atoms with E-state index in [-0.39, 0.29) is 5.78 Å². The van der Waals surface area contributed by atoms with E-state index in [0.29, 0.717) is 0 Å². The van der Waals surface area contributed by atoms with E-state index in [1.807, 2.05) is 12.1 Å². The smallest absolute Gasteiger partial charge is 0.159 e. The van der Waals surface area contributed by atoms with Gasteiger partial charge < -0.3 is 5.32 Å². The van der Waals surface area contributed by atoms with E-state index in [1.54, 1.807) is 6.92 Å². The van der Waals surface area contributed by atoms with E-state index < -0.39 is 0 Å². The number of hydrogen-bond acceptors (Lipinski definition) is 2. The van der Waals surface area contributed by atoms with E-state index in [0.717, 1.165) is 41.8 Å². The topological polar surface area (TPSA) is 29.1 Å². The molecule has 4 aliphatic carbocycles. The Morgan fingerprint density at radius 2 is 1.57 bits per heavy atom. The minimum atomic E-state index is 0.149. The van der Waals surface area contributed by atoms with Gasteiger partial charge in [-0.1, -0.05) is 24.3 Å². The molecule has 4 aliphatic rings. The molecular formula is C19H25NO. The summed E-state index contributed by atoms with van der Waals surface area (Å²) in [7, 11) is 0. The largest absolute Gasteiger partial charge is 0.309 e. The van der Waals surface area contributed by atoms with Gasteiger partial charge in [0.2, 0.25) is 0 Å². The molecule has 0 atom stereocenters. The summed E-state index contributed by atoms with van der Waals surface area (Å²) >= 11 is 0. The predicted molar refractivity (Wildman–Crippen MR) is 84.1 cm³/mol. The first-order valence-corrected chi connectivity index (χ1v) is 8.52. The molecule has 4 saturated carbocycles. The maximum atomic E-state index is 11.3. The Kier molecular flexibility index (Phi) is 3.37. The third-order valence-electron chi connectivity index (χ3n) is 6.13. The van der Waals surface area contributed by atoms with Crippen molar-refractivity contribution in [1.29, 1.82) is 0 Å². The summed E-state index contributed by atoms with van der Waals surface area (Å²) in [5, 5.41) is 3.84. The summed E-state index contributed by atoms with van der Waals surface area (Å²) in [6, 6.07) is 8.84. The van der Waals surface area contributed by atoms with E-state index in [2.05, 4.69) is 17.4 Å². The Labute approximate surface area is 127 Å². The maximum Gasteiger partial charge on any atom is 0.159 e. The van der Waals surface area contributed by atoms with Crippen molar-refractivity contribution in [2.75, 3.05) is 0 Å². The third-order valence-corrected chi connectivity index (χ3v) is 6.13. The molecule has 5 rings (SSSR count). The van der Waals surface area contributed by atoms with Gasteiger partial charge in [-0.05, 0) is 68.3 Å². The molecule has 21 heavy (non-hydrogen) atoms. The van der Waals surface area contributed by atoms with Gasteiger partial charge in [-0.25, -0.2) is 0 Å². The molecule has 1 N–H and O–H groups in total. The first-order valence-electron chi connectivity index (χ1n) is 8.52. The number of benzene rings is 1. The molecule has 0 saturated heterocycles. The van der Waals surface area contributed by atoms with Crippen molar-refractivity contribution < 1.29 is 4.79 Å². The predicted octanol–water partition coefficient (Wildman–Crippen LogP) is 3.80. The van der Waals surface area contributed by atoms with Crippen molar-refractivity contribution in [2.45, 2.75) is 51.6 Å². The van der Waals surface area contributed by atoms with Crippen molar-refractivity contribution in [3.8, 4) is 0 Å². The van der Waals surface area contributed by atoms with Crippen LogP contribution in [-0.4, -0.2) is 11.8 Å². The molecule has 2 heteroatoms. The zero-order chi connectivity index (χ0) is 14.4. The van der Waals surface area contributed by atoms with Gasteiger partial charge in [0.25, 0.3) is 0 Å². The SMILES string of the molecule is CC(=O)c1ccc(CNC2C3CC4CC(C3)CC2C4)cc1. The van der Waals surface area contributed by atoms with Crippen LogP contribution in [0.1, 0.15) is 54.9 Å². The lowest BCUT2D eigenvalue weighted by Gasteiger charge is -2.54. The molecule has 0 radical (unpaired) electrons. The van der Waals surface area contributed by atoms with E-state index in [1.165, 1.54) is 37.7 Å². The molecule has 4 bridgehead atoms. The average molecular weight is 283 g/mol. The van der Waals surface area contributed by atoms with E-state index in [9.17, 15) is 4.79 Å². The molecule has 0 aliphatic heterocycles. The maximum absolute atomic E-state index is 11.3. The Bertz CT molecular complexity index is 505. The van der Waals surface area contributed by atoms with Crippen LogP contribution in [0.2, 0.25) is 0 Å². The molecule has 0 amide bonds. The van der Waals surface area contributed by atoms with Crippen molar-refractivity contribution in [1.82, 2.24) is 5.32 Å². The monoisotopic (exact) mass is 283 g/mol. The van der Waals surface area contributed by atoms with Gasteiger partial charge in [-0.15, -0.1) is 0 Å². The van der Waals surface area contributed by atoms with Crippen molar-refractivity contribution in [3.05, 3.63) is 35.4 Å². The minimum absolute atomic E-state index is 0.149. The first-order chi connectivity index (χ1) is 10.2. The molecule has 0 spiro atoms. The number of nitrogens with one attached hydrogen (secondary N) is 1. The second-order valence-electron chi connectivity index (χ2n) is 7.59. The fourth-order valence-corrected chi connectivity index (χ4v) is 5.35. The highest BCUT2D eigenvalue weighted by Gasteiger charge is 2.47. The molecule has 0 unspecified atom stereocenters. The Morgan fingerprint density at radius 3 is 2.10 bits per heavy atom. The first kappa shape index (κ1) is 13.5. The summed E-state index contributed by atoms with van der Waals surface area (Å²) in [5.41, 5.74) is 2.11. The Hall–Kier alpha value is -1.15. The number of ketones is 1. The molecule has 0 heterocycles. The van der Waals surface area contributed by atoms with Crippen LogP contribution in [0, 0.1) is 23.7 Å². The summed E-state index contributed by atoms with van der Waals surface area (Å²) in [4.78, 5) is 11.3. The molecule has 112 valence electrons. The molecule has 1 aromatic carbocycles. The van der Waals surface area contributed by atoms with Crippen LogP contribution in [0.3, 0.4) is 0 Å². The number of rotatable bonds is 4. The molecule has 0 aromatic heterocycles. The van der Waals surface area contributed by atoms with Gasteiger partial charge in [0.05, 0.1) is 0 Å². The summed E-state index contributed by atoms with van der Waals surface area (Å²) in [6.45, 7) is 2.58. The second kappa shape index (κ2) is 5.24. The van der Waals surface area contributed by atoms with Crippen LogP contribution in [0.5, 0.6) is 0 Å². The zero-order valence-corrected chi connectivity index (χ0v) is 12.8. The number of hydrogen-bond donors (Lipinski definition) is 1. The van der Waals surface area contributed by atoms with Gasteiger partial charge in [0, 0.05) is 18.2 Å². The summed E-state index contributed by atoms with van der Waals surface area (Å²) in [5.74, 6) is 4.09. The number of carbonyl (C=O) groups is 1. The van der Waals surface area contributed by atoms with Gasteiger partial charge in [-0.2, -0.15) is 0 Å². The fourth-order valence-electron chi connectivity index (χ4n) is 5.35. The molecule has 4 fully saturated rings. The lowest BCUT2D eigenvalue weighted by molar-refractivity contribution is -0.0142. The van der Waals surface area contributed by atoms with Gasteiger partial charge >= 0.3 is 0 Å². The van der Waals surface area contributed by atoms with Crippen LogP contribution in [0.15, 0.2) is 24.3 Å². The van der Waals surface area contributed by atoms with Gasteiger partial charge in [-0.3, -0.25) is 4.79 Å². The van der Waals surface area contributed by atoms with E-state index >= 15 is 0 Å². The third kappa shape index (κ3) is 2.55. The minimum Gasteiger partial charge on any atom is -0.309 e. The average Bonchev–Trinajstić information content (AvgIpc) is 2.46. The highest BCUT2D eigenvalue weighted by Crippen LogP contribution is 2.53. The number of Topliss-reactive ketones (excluding diaryl/α,β-unsaturated/α-hetero) is 1. The number of carbonyl (C=O) groups excluding carboxylic acids is 1. The van der Waals surface area contributed by atoms with Crippen LogP contribution in [0.4, 0.5) is 0 Å². The second-order valence-corrected chi connectivity index (χ2v) is 7.59. The summed E-state index contributed by atoms with van der Waals surface area (Å²) in [6.07, 6.45) is 7.38. The van der Waals surface area contributed by atoms with Crippen LogP contribution >= 0.6 is 0 Å². The fraction of sp³-hybridized carbons (Fsp3) is 0.632. The molecular weight excluding hydrogens is 258 g/mol. The highest BCUT2D eigenvalue weighted by molar-refractivity contribution is 5.93. The van der Waals surface area contributed by atoms with Crippen LogP contribution in [0.25, 0.3) is 0 Å². The molecule has 1 aromatic rings. The normalized spacial score (nSPS) is 36.9. The molecule has 2 nitrogen and oxygen atoms in total. The lowest BCUT2D eigenvalue weighted by atomic mass is 9.54. The van der Waals surface area contributed by atoms with E-state index in [4.69, 9.17) is 0 Å². The summed E-state index contributed by atoms with van der Waals surface area (Å²) < 4.78 is 0. The van der Waals surface area contributed by atoms with Gasteiger partial charge in [0.1, 0.15) is 0 Å². The Balaban J connectivity index is 1.39. The van der Waals surface area contributed by atoms with Crippen molar-refractivity contribution in [2.24, 2.45) is 23.7 Å². The van der Waals surface area contributed by atoms with Crippen LogP contribution in [-0.2, 0) is 6.54 Å². The quantitative estimate of drug-likeness (QED) is 0.852. The van der Waals surface area contributed by atoms with Crippen LogP contribution < -0.4 is 5.32 Å². The zero-order valence-electron chi connectivity index (χ0n) is 12.8. The Morgan fingerprint density at radius 1 is 1.00 bits per heavy atom. The van der Waals surface area contributed by atoms with Gasteiger partial charge in [0.15, 0.2) is 5.78 Å². The standard InChI is InChI=1S/C19H25NO/c1-12(21)16-4-2-13(3-5-16)11-20-19-17-7-14-6-15(9-17)10-18(19)8-14/h2-5,14-15,17-20H,6-11H2,1H3. The highest BCUT2D eigenvalue weighted by atomic mass is 16.1. The lowest BCUT2D eigenvalue weighted by Crippen LogP contribution is -2.54. The van der Waals surface area contributed by atoms with Crippen molar-refractivity contribution >= 4 is 5.78 Å².